The van der Waals surface area contributed by atoms with Crippen LogP contribution in [-0.2, 0) is 11.3 Å². The molecule has 0 aliphatic carbocycles. The first-order valence-electron chi connectivity index (χ1n) is 6.68. The number of carbonyl (C=O) groups is 1. The van der Waals surface area contributed by atoms with Crippen LogP contribution in [0.2, 0.25) is 0 Å². The molecule has 2 aromatic rings. The van der Waals surface area contributed by atoms with Crippen LogP contribution in [0.5, 0.6) is 5.75 Å². The number of hydrogen-bond acceptors (Lipinski definition) is 4. The van der Waals surface area contributed by atoms with E-state index in [-0.39, 0.29) is 30.6 Å². The van der Waals surface area contributed by atoms with Crippen LogP contribution in [0, 0.1) is 0 Å². The Balaban J connectivity index is 0.00000288. The van der Waals surface area contributed by atoms with Gasteiger partial charge in [-0.25, -0.2) is 0 Å². The van der Waals surface area contributed by atoms with Crippen molar-refractivity contribution < 1.29 is 22.7 Å². The molecule has 1 aromatic carbocycles. The Labute approximate surface area is 142 Å². The molecule has 5 nitrogen and oxygen atoms in total. The first kappa shape index (κ1) is 19.7. The average molecular weight is 362 g/mol. The van der Waals surface area contributed by atoms with Gasteiger partial charge in [0.15, 0.2) is 0 Å². The van der Waals surface area contributed by atoms with Crippen molar-refractivity contribution in [1.82, 2.24) is 10.3 Å². The van der Waals surface area contributed by atoms with Crippen molar-refractivity contribution in [2.75, 3.05) is 11.9 Å². The maximum Gasteiger partial charge on any atom is 0.573 e. The minimum absolute atomic E-state index is 0. The fraction of sp³-hybridized carbons (Fsp3) is 0.200. The number of pyridine rings is 1. The smallest absolute Gasteiger partial charge is 0.406 e. The second kappa shape index (κ2) is 9.09. The third-order valence-corrected chi connectivity index (χ3v) is 2.71. The number of ether oxygens (including phenoxy) is 1. The van der Waals surface area contributed by atoms with Crippen LogP contribution in [0.3, 0.4) is 0 Å². The lowest BCUT2D eigenvalue weighted by Gasteiger charge is -2.10. The minimum atomic E-state index is -4.74. The van der Waals surface area contributed by atoms with Crippen molar-refractivity contribution in [2.45, 2.75) is 12.9 Å². The summed E-state index contributed by atoms with van der Waals surface area (Å²) in [7, 11) is 0. The van der Waals surface area contributed by atoms with E-state index in [1.807, 2.05) is 6.07 Å². The lowest BCUT2D eigenvalue weighted by Crippen LogP contribution is -2.27. The van der Waals surface area contributed by atoms with Gasteiger partial charge in [-0.1, -0.05) is 6.07 Å². The molecular formula is C15H15ClF3N3O2. The molecule has 24 heavy (non-hydrogen) atoms. The molecule has 0 aliphatic rings. The molecule has 0 aliphatic heterocycles. The predicted octanol–water partition coefficient (Wildman–Crippen LogP) is 3.13. The number of benzene rings is 1. The summed E-state index contributed by atoms with van der Waals surface area (Å²) in [6, 6.07) is 8.59. The molecule has 0 bridgehead atoms. The van der Waals surface area contributed by atoms with Gasteiger partial charge in [0.1, 0.15) is 5.75 Å². The fourth-order valence-electron chi connectivity index (χ4n) is 1.77. The molecule has 0 spiro atoms. The minimum Gasteiger partial charge on any atom is -0.406 e. The number of alkyl halides is 3. The number of anilines is 1. The summed E-state index contributed by atoms with van der Waals surface area (Å²) >= 11 is 0. The van der Waals surface area contributed by atoms with E-state index in [0.717, 1.165) is 17.7 Å². The second-order valence-corrected chi connectivity index (χ2v) is 4.59. The van der Waals surface area contributed by atoms with Gasteiger partial charge in [-0.3, -0.25) is 9.78 Å². The first-order valence-corrected chi connectivity index (χ1v) is 6.68. The highest BCUT2D eigenvalue weighted by Gasteiger charge is 2.30. The van der Waals surface area contributed by atoms with Crippen molar-refractivity contribution in [3.8, 4) is 5.75 Å². The molecule has 1 heterocycles. The zero-order valence-electron chi connectivity index (χ0n) is 12.3. The van der Waals surface area contributed by atoms with Crippen molar-refractivity contribution >= 4 is 24.0 Å². The third kappa shape index (κ3) is 7.30. The van der Waals surface area contributed by atoms with E-state index in [1.165, 1.54) is 12.1 Å². The molecule has 9 heteroatoms. The van der Waals surface area contributed by atoms with Crippen LogP contribution in [0.4, 0.5) is 18.9 Å². The molecule has 0 unspecified atom stereocenters. The zero-order valence-corrected chi connectivity index (χ0v) is 13.2. The molecule has 0 atom stereocenters. The Kier molecular flexibility index (Phi) is 7.47. The van der Waals surface area contributed by atoms with Crippen molar-refractivity contribution in [2.24, 2.45) is 0 Å². The number of halogens is 4. The molecule has 0 saturated carbocycles. The Morgan fingerprint density at radius 2 is 1.88 bits per heavy atom. The van der Waals surface area contributed by atoms with E-state index >= 15 is 0 Å². The van der Waals surface area contributed by atoms with Gasteiger partial charge in [-0.05, 0) is 35.9 Å². The highest BCUT2D eigenvalue weighted by atomic mass is 35.5. The zero-order chi connectivity index (χ0) is 16.7. The van der Waals surface area contributed by atoms with Crippen LogP contribution in [0.1, 0.15) is 5.56 Å². The highest BCUT2D eigenvalue weighted by molar-refractivity contribution is 5.92. The van der Waals surface area contributed by atoms with Gasteiger partial charge >= 0.3 is 6.36 Å². The largest absolute Gasteiger partial charge is 0.573 e. The van der Waals surface area contributed by atoms with E-state index in [4.69, 9.17) is 0 Å². The molecule has 1 aromatic heterocycles. The maximum atomic E-state index is 12.0. The molecule has 130 valence electrons. The van der Waals surface area contributed by atoms with E-state index in [2.05, 4.69) is 20.4 Å². The molecule has 1 amide bonds. The molecule has 0 radical (unpaired) electrons. The van der Waals surface area contributed by atoms with Crippen LogP contribution in [0.25, 0.3) is 0 Å². The predicted molar refractivity (Wildman–Crippen MR) is 84.9 cm³/mol. The topological polar surface area (TPSA) is 63.2 Å². The number of rotatable bonds is 6. The second-order valence-electron chi connectivity index (χ2n) is 4.59. The molecule has 2 N–H and O–H groups in total. The van der Waals surface area contributed by atoms with Crippen LogP contribution < -0.4 is 15.4 Å². The Hall–Kier alpha value is -2.32. The number of nitrogens with zero attached hydrogens (tertiary/aromatic N) is 1. The highest BCUT2D eigenvalue weighted by Crippen LogP contribution is 2.23. The van der Waals surface area contributed by atoms with Gasteiger partial charge in [0, 0.05) is 24.6 Å². The summed E-state index contributed by atoms with van der Waals surface area (Å²) in [5.41, 5.74) is 1.32. The monoisotopic (exact) mass is 361 g/mol. The SMILES string of the molecule is Cl.O=C(CNCc1cccnc1)Nc1ccc(OC(F)(F)F)cc1. The number of aromatic nitrogens is 1. The number of amides is 1. The van der Waals surface area contributed by atoms with Crippen LogP contribution in [-0.4, -0.2) is 23.8 Å². The van der Waals surface area contributed by atoms with E-state index in [0.29, 0.717) is 12.2 Å². The summed E-state index contributed by atoms with van der Waals surface area (Å²) in [6.45, 7) is 0.551. The third-order valence-electron chi connectivity index (χ3n) is 2.71. The average Bonchev–Trinajstić information content (AvgIpc) is 2.49. The van der Waals surface area contributed by atoms with Crippen molar-refractivity contribution in [3.05, 3.63) is 54.4 Å². The summed E-state index contributed by atoms with van der Waals surface area (Å²) < 4.78 is 39.8. The number of nitrogens with one attached hydrogen (secondary N) is 2. The quantitative estimate of drug-likeness (QED) is 0.829. The summed E-state index contributed by atoms with van der Waals surface area (Å²) in [5.74, 6) is -0.649. The van der Waals surface area contributed by atoms with E-state index in [9.17, 15) is 18.0 Å². The van der Waals surface area contributed by atoms with Gasteiger partial charge < -0.3 is 15.4 Å². The maximum absolute atomic E-state index is 12.0. The van der Waals surface area contributed by atoms with E-state index < -0.39 is 6.36 Å². The summed E-state index contributed by atoms with van der Waals surface area (Å²) in [6.07, 6.45) is -1.40. The lowest BCUT2D eigenvalue weighted by atomic mass is 10.3. The summed E-state index contributed by atoms with van der Waals surface area (Å²) in [4.78, 5) is 15.7. The molecule has 0 saturated heterocycles. The molecule has 2 rings (SSSR count). The van der Waals surface area contributed by atoms with Gasteiger partial charge in [0.25, 0.3) is 0 Å². The Morgan fingerprint density at radius 1 is 1.17 bits per heavy atom. The van der Waals surface area contributed by atoms with Gasteiger partial charge in [0.2, 0.25) is 5.91 Å². The van der Waals surface area contributed by atoms with Gasteiger partial charge in [-0.2, -0.15) is 0 Å². The summed E-state index contributed by atoms with van der Waals surface area (Å²) in [5, 5.41) is 5.50. The lowest BCUT2D eigenvalue weighted by molar-refractivity contribution is -0.274. The standard InChI is InChI=1S/C15H14F3N3O2.ClH/c16-15(17,18)23-13-5-3-12(4-6-13)21-14(22)10-20-9-11-2-1-7-19-8-11;/h1-8,20H,9-10H2,(H,21,22);1H. The van der Waals surface area contributed by atoms with Gasteiger partial charge in [-0.15, -0.1) is 25.6 Å². The number of hydrogen-bond donors (Lipinski definition) is 2. The van der Waals surface area contributed by atoms with Gasteiger partial charge in [0.05, 0.1) is 6.54 Å². The van der Waals surface area contributed by atoms with Crippen molar-refractivity contribution in [3.63, 3.8) is 0 Å². The van der Waals surface area contributed by atoms with Crippen molar-refractivity contribution in [1.29, 1.82) is 0 Å². The van der Waals surface area contributed by atoms with Crippen LogP contribution >= 0.6 is 12.4 Å². The molecule has 0 fully saturated rings. The number of carbonyl (C=O) groups excluding carboxylic acids is 1. The molecular weight excluding hydrogens is 347 g/mol. The Morgan fingerprint density at radius 3 is 2.46 bits per heavy atom. The van der Waals surface area contributed by atoms with E-state index in [1.54, 1.807) is 18.5 Å². The normalized spacial score (nSPS) is 10.6. The Bertz CT molecular complexity index is 637. The van der Waals surface area contributed by atoms with Crippen LogP contribution in [0.15, 0.2) is 48.8 Å². The fourth-order valence-corrected chi connectivity index (χ4v) is 1.77. The first-order chi connectivity index (χ1) is 10.9.